The molecule has 0 aromatic carbocycles. The van der Waals surface area contributed by atoms with Crippen LogP contribution in [0.5, 0.6) is 0 Å². The van der Waals surface area contributed by atoms with Crippen LogP contribution in [0.4, 0.5) is 0 Å². The van der Waals surface area contributed by atoms with E-state index in [0.29, 0.717) is 6.54 Å². The van der Waals surface area contributed by atoms with Crippen LogP contribution in [0, 0.1) is 13.8 Å². The number of halogens is 2. The number of rotatable bonds is 4. The predicted octanol–water partition coefficient (Wildman–Crippen LogP) is 0.999. The molecule has 122 valence electrons. The first kappa shape index (κ1) is 20.2. The molecule has 0 radical (unpaired) electrons. The second kappa shape index (κ2) is 9.25. The van der Waals surface area contributed by atoms with E-state index in [9.17, 15) is 4.79 Å². The van der Waals surface area contributed by atoms with Crippen LogP contribution in [0.15, 0.2) is 4.52 Å². The summed E-state index contributed by atoms with van der Waals surface area (Å²) < 4.78 is 5.18. The molecule has 0 bridgehead atoms. The lowest BCUT2D eigenvalue weighted by Gasteiger charge is -2.34. The van der Waals surface area contributed by atoms with Crippen LogP contribution in [0.2, 0.25) is 0 Å². The zero-order chi connectivity index (χ0) is 13.8. The van der Waals surface area contributed by atoms with Gasteiger partial charge in [0, 0.05) is 38.3 Å². The Balaban J connectivity index is 0.00000200. The Kier molecular flexibility index (Phi) is 8.89. The van der Waals surface area contributed by atoms with E-state index in [1.165, 1.54) is 5.56 Å². The number of carbonyl (C=O) groups is 1. The number of likely N-dealkylation sites (N-methyl/N-ethyl adjacent to an activating group) is 1. The summed E-state index contributed by atoms with van der Waals surface area (Å²) in [6.07, 6.45) is 0. The van der Waals surface area contributed by atoms with Crippen molar-refractivity contribution in [3.05, 3.63) is 17.0 Å². The molecule has 21 heavy (non-hydrogen) atoms. The molecular weight excluding hydrogens is 315 g/mol. The molecule has 1 aromatic heterocycles. The van der Waals surface area contributed by atoms with Crippen LogP contribution in [-0.4, -0.2) is 60.6 Å². The quantitative estimate of drug-likeness (QED) is 0.887. The van der Waals surface area contributed by atoms with Crippen molar-refractivity contribution in [3.63, 3.8) is 0 Å². The minimum atomic E-state index is 0. The second-order valence-electron chi connectivity index (χ2n) is 4.99. The molecular formula is C13H24Cl2N4O2. The molecule has 1 aliphatic heterocycles. The van der Waals surface area contributed by atoms with E-state index in [1.54, 1.807) is 7.05 Å². The Labute approximate surface area is 138 Å². The van der Waals surface area contributed by atoms with Gasteiger partial charge in [-0.15, -0.1) is 24.8 Å². The summed E-state index contributed by atoms with van der Waals surface area (Å²) in [5.74, 6) is 1.07. The maximum atomic E-state index is 11.7. The molecule has 1 N–H and O–H groups in total. The van der Waals surface area contributed by atoms with Crippen LogP contribution in [0.1, 0.15) is 17.0 Å². The van der Waals surface area contributed by atoms with Gasteiger partial charge in [-0.05, 0) is 20.9 Å². The molecule has 2 heterocycles. The van der Waals surface area contributed by atoms with Crippen molar-refractivity contribution in [2.75, 3.05) is 39.8 Å². The lowest BCUT2D eigenvalue weighted by atomic mass is 10.2. The van der Waals surface area contributed by atoms with Gasteiger partial charge in [0.15, 0.2) is 0 Å². The van der Waals surface area contributed by atoms with E-state index >= 15 is 0 Å². The van der Waals surface area contributed by atoms with Crippen LogP contribution in [-0.2, 0) is 11.3 Å². The number of carbonyl (C=O) groups excluding carboxylic acids is 1. The monoisotopic (exact) mass is 338 g/mol. The average Bonchev–Trinajstić information content (AvgIpc) is 2.72. The van der Waals surface area contributed by atoms with Crippen LogP contribution >= 0.6 is 24.8 Å². The highest BCUT2D eigenvalue weighted by Gasteiger charge is 2.22. The van der Waals surface area contributed by atoms with E-state index in [2.05, 4.69) is 15.4 Å². The molecule has 0 unspecified atom stereocenters. The zero-order valence-corrected chi connectivity index (χ0v) is 14.4. The molecule has 1 aliphatic rings. The summed E-state index contributed by atoms with van der Waals surface area (Å²) >= 11 is 0. The summed E-state index contributed by atoms with van der Waals surface area (Å²) in [7, 11) is 1.80. The maximum absolute atomic E-state index is 11.7. The number of aromatic nitrogens is 1. The largest absolute Gasteiger partial charge is 0.361 e. The van der Waals surface area contributed by atoms with Crippen LogP contribution in [0.25, 0.3) is 0 Å². The van der Waals surface area contributed by atoms with Gasteiger partial charge in [0.2, 0.25) is 5.91 Å². The van der Waals surface area contributed by atoms with E-state index < -0.39 is 0 Å². The lowest BCUT2D eigenvalue weighted by Crippen LogP contribution is -2.50. The fourth-order valence-electron chi connectivity index (χ4n) is 2.37. The highest BCUT2D eigenvalue weighted by Crippen LogP contribution is 2.16. The number of amides is 1. The number of nitrogens with one attached hydrogen (secondary N) is 1. The Morgan fingerprint density at radius 1 is 1.24 bits per heavy atom. The van der Waals surface area contributed by atoms with Gasteiger partial charge in [-0.3, -0.25) is 9.69 Å². The third-order valence-corrected chi connectivity index (χ3v) is 3.62. The molecule has 0 atom stereocenters. The van der Waals surface area contributed by atoms with Crippen molar-refractivity contribution in [1.82, 2.24) is 20.3 Å². The van der Waals surface area contributed by atoms with Gasteiger partial charge in [-0.25, -0.2) is 0 Å². The molecule has 0 spiro atoms. The Morgan fingerprint density at radius 3 is 2.33 bits per heavy atom. The van der Waals surface area contributed by atoms with Crippen molar-refractivity contribution in [2.45, 2.75) is 20.4 Å². The number of hydrogen-bond donors (Lipinski definition) is 1. The molecule has 0 aliphatic carbocycles. The van der Waals surface area contributed by atoms with Crippen molar-refractivity contribution in [1.29, 1.82) is 0 Å². The maximum Gasteiger partial charge on any atom is 0.236 e. The first-order valence-electron chi connectivity index (χ1n) is 6.68. The number of hydrogen-bond acceptors (Lipinski definition) is 5. The Hall–Kier alpha value is -0.820. The Bertz CT molecular complexity index is 426. The predicted molar refractivity (Wildman–Crippen MR) is 86.3 cm³/mol. The van der Waals surface area contributed by atoms with Gasteiger partial charge in [0.05, 0.1) is 12.2 Å². The molecule has 1 fully saturated rings. The number of aryl methyl sites for hydroxylation is 2. The molecule has 1 saturated heterocycles. The van der Waals surface area contributed by atoms with Gasteiger partial charge < -0.3 is 14.7 Å². The van der Waals surface area contributed by atoms with E-state index in [4.69, 9.17) is 4.52 Å². The van der Waals surface area contributed by atoms with Gasteiger partial charge in [0.1, 0.15) is 5.76 Å². The average molecular weight is 339 g/mol. The third-order valence-electron chi connectivity index (χ3n) is 3.62. The number of nitrogens with zero attached hydrogens (tertiary/aromatic N) is 3. The standard InChI is InChI=1S/C13H22N4O2.2ClH/c1-10-12(11(2)19-15-10)9-16-4-6-17(7-5-16)13(18)8-14-3;;/h14H,4-9H2,1-3H3;2*1H. The van der Waals surface area contributed by atoms with Crippen LogP contribution in [0.3, 0.4) is 0 Å². The van der Waals surface area contributed by atoms with Gasteiger partial charge in [-0.2, -0.15) is 0 Å². The first-order valence-corrected chi connectivity index (χ1v) is 6.68. The highest BCUT2D eigenvalue weighted by molar-refractivity contribution is 5.85. The van der Waals surface area contributed by atoms with E-state index in [0.717, 1.165) is 44.2 Å². The topological polar surface area (TPSA) is 61.6 Å². The fraction of sp³-hybridized carbons (Fsp3) is 0.692. The SMILES string of the molecule is CNCC(=O)N1CCN(Cc2c(C)noc2C)CC1.Cl.Cl. The molecule has 0 saturated carbocycles. The van der Waals surface area contributed by atoms with Gasteiger partial charge in [0.25, 0.3) is 0 Å². The summed E-state index contributed by atoms with van der Waals surface area (Å²) in [6, 6.07) is 0. The summed E-state index contributed by atoms with van der Waals surface area (Å²) in [5.41, 5.74) is 2.14. The molecule has 1 amide bonds. The van der Waals surface area contributed by atoms with E-state index in [-0.39, 0.29) is 30.7 Å². The summed E-state index contributed by atoms with van der Waals surface area (Å²) in [4.78, 5) is 16.0. The number of piperazine rings is 1. The van der Waals surface area contributed by atoms with Crippen molar-refractivity contribution >= 4 is 30.7 Å². The molecule has 2 rings (SSSR count). The highest BCUT2D eigenvalue weighted by atomic mass is 35.5. The van der Waals surface area contributed by atoms with Crippen LogP contribution < -0.4 is 5.32 Å². The second-order valence-corrected chi connectivity index (χ2v) is 4.99. The normalized spacial score (nSPS) is 15.3. The summed E-state index contributed by atoms with van der Waals surface area (Å²) in [5, 5.41) is 6.88. The molecule has 1 aromatic rings. The molecule has 6 nitrogen and oxygen atoms in total. The first-order chi connectivity index (χ1) is 9.11. The minimum absolute atomic E-state index is 0. The van der Waals surface area contributed by atoms with Gasteiger partial charge in [-0.1, -0.05) is 5.16 Å². The van der Waals surface area contributed by atoms with Crippen molar-refractivity contribution in [3.8, 4) is 0 Å². The van der Waals surface area contributed by atoms with Gasteiger partial charge >= 0.3 is 0 Å². The fourth-order valence-corrected chi connectivity index (χ4v) is 2.37. The zero-order valence-electron chi connectivity index (χ0n) is 12.7. The smallest absolute Gasteiger partial charge is 0.236 e. The third kappa shape index (κ3) is 5.14. The van der Waals surface area contributed by atoms with Crippen molar-refractivity contribution < 1.29 is 9.32 Å². The minimum Gasteiger partial charge on any atom is -0.361 e. The molecule has 8 heteroatoms. The van der Waals surface area contributed by atoms with Crippen molar-refractivity contribution in [2.24, 2.45) is 0 Å². The van der Waals surface area contributed by atoms with E-state index in [1.807, 2.05) is 18.7 Å². The lowest BCUT2D eigenvalue weighted by molar-refractivity contribution is -0.131. The Morgan fingerprint density at radius 2 is 1.86 bits per heavy atom. The summed E-state index contributed by atoms with van der Waals surface area (Å²) in [6.45, 7) is 8.59.